The van der Waals surface area contributed by atoms with Gasteiger partial charge in [-0.25, -0.2) is 0 Å². The number of benzene rings is 1. The van der Waals surface area contributed by atoms with Gasteiger partial charge in [0.2, 0.25) is 0 Å². The van der Waals surface area contributed by atoms with Crippen molar-refractivity contribution in [3.05, 3.63) is 41.7 Å². The van der Waals surface area contributed by atoms with Crippen molar-refractivity contribution in [1.29, 1.82) is 0 Å². The molecule has 1 aromatic heterocycles. The normalized spacial score (nSPS) is 11.7. The fraction of sp³-hybridized carbons (Fsp3) is 0.462. The highest BCUT2D eigenvalue weighted by atomic mass is 15.6. The van der Waals surface area contributed by atoms with Crippen LogP contribution in [0.5, 0.6) is 0 Å². The first kappa shape index (κ1) is 11.8. The van der Waals surface area contributed by atoms with Crippen molar-refractivity contribution in [2.45, 2.75) is 33.7 Å². The van der Waals surface area contributed by atoms with Gasteiger partial charge in [-0.15, -0.1) is 10.2 Å². The van der Waals surface area contributed by atoms with E-state index in [9.17, 15) is 0 Å². The zero-order valence-corrected chi connectivity index (χ0v) is 10.6. The molecule has 0 N–H and O–H groups in total. The Kier molecular flexibility index (Phi) is 3.22. The van der Waals surface area contributed by atoms with Crippen LogP contribution in [0.4, 0.5) is 0 Å². The van der Waals surface area contributed by atoms with Crippen LogP contribution in [0.15, 0.2) is 30.3 Å². The van der Waals surface area contributed by atoms with Gasteiger partial charge in [0.05, 0.1) is 6.54 Å². The van der Waals surface area contributed by atoms with Crippen molar-refractivity contribution >= 4 is 0 Å². The number of aromatic nitrogens is 4. The van der Waals surface area contributed by atoms with E-state index in [2.05, 4.69) is 48.3 Å². The molecule has 90 valence electrons. The standard InChI is InChI=1S/C13H18N4/c1-13(2,3)9-12-14-16-17(15-12)10-11-7-5-4-6-8-11/h4-8H,9-10H2,1-3H3. The third-order valence-corrected chi connectivity index (χ3v) is 2.35. The second kappa shape index (κ2) is 4.65. The molecule has 2 aromatic rings. The summed E-state index contributed by atoms with van der Waals surface area (Å²) in [5.41, 5.74) is 1.38. The molecule has 0 unspecified atom stereocenters. The van der Waals surface area contributed by atoms with Crippen LogP contribution in [0.25, 0.3) is 0 Å². The van der Waals surface area contributed by atoms with E-state index >= 15 is 0 Å². The van der Waals surface area contributed by atoms with Crippen LogP contribution >= 0.6 is 0 Å². The van der Waals surface area contributed by atoms with E-state index in [1.807, 2.05) is 18.2 Å². The average Bonchev–Trinajstić information content (AvgIpc) is 2.64. The predicted molar refractivity (Wildman–Crippen MR) is 66.5 cm³/mol. The average molecular weight is 230 g/mol. The maximum absolute atomic E-state index is 4.39. The summed E-state index contributed by atoms with van der Waals surface area (Å²) in [7, 11) is 0. The Morgan fingerprint density at radius 3 is 2.47 bits per heavy atom. The van der Waals surface area contributed by atoms with Crippen molar-refractivity contribution in [3.8, 4) is 0 Å². The molecule has 4 heteroatoms. The summed E-state index contributed by atoms with van der Waals surface area (Å²) in [5.74, 6) is 0.813. The summed E-state index contributed by atoms with van der Waals surface area (Å²) in [6.45, 7) is 7.19. The van der Waals surface area contributed by atoms with Gasteiger partial charge in [0, 0.05) is 6.42 Å². The number of hydrogen-bond donors (Lipinski definition) is 0. The molecule has 4 nitrogen and oxygen atoms in total. The lowest BCUT2D eigenvalue weighted by molar-refractivity contribution is 0.399. The Morgan fingerprint density at radius 2 is 1.82 bits per heavy atom. The molecule has 0 fully saturated rings. The van der Waals surface area contributed by atoms with Crippen LogP contribution < -0.4 is 0 Å². The van der Waals surface area contributed by atoms with E-state index in [-0.39, 0.29) is 5.41 Å². The molecule has 0 radical (unpaired) electrons. The van der Waals surface area contributed by atoms with Crippen LogP contribution in [0.2, 0.25) is 0 Å². The van der Waals surface area contributed by atoms with Crippen LogP contribution in [0, 0.1) is 5.41 Å². The summed E-state index contributed by atoms with van der Waals surface area (Å²) < 4.78 is 0. The summed E-state index contributed by atoms with van der Waals surface area (Å²) in [6.07, 6.45) is 0.849. The Labute approximate surface area is 102 Å². The predicted octanol–water partition coefficient (Wildman–Crippen LogP) is 2.31. The smallest absolute Gasteiger partial charge is 0.160 e. The molecule has 1 aromatic carbocycles. The van der Waals surface area contributed by atoms with Gasteiger partial charge in [0.1, 0.15) is 0 Å². The van der Waals surface area contributed by atoms with Crippen molar-refractivity contribution in [1.82, 2.24) is 20.2 Å². The number of tetrazole rings is 1. The second-order valence-corrected chi connectivity index (χ2v) is 5.46. The molecule has 2 rings (SSSR count). The molecule has 0 spiro atoms. The van der Waals surface area contributed by atoms with Gasteiger partial charge >= 0.3 is 0 Å². The number of nitrogens with zero attached hydrogens (tertiary/aromatic N) is 4. The second-order valence-electron chi connectivity index (χ2n) is 5.46. The monoisotopic (exact) mass is 230 g/mol. The van der Waals surface area contributed by atoms with E-state index < -0.39 is 0 Å². The molecule has 1 heterocycles. The molecule has 0 saturated heterocycles. The Bertz CT molecular complexity index is 468. The minimum atomic E-state index is 0.195. The first-order chi connectivity index (χ1) is 8.03. The molecule has 0 saturated carbocycles. The number of hydrogen-bond acceptors (Lipinski definition) is 3. The van der Waals surface area contributed by atoms with Crippen LogP contribution in [0.1, 0.15) is 32.2 Å². The van der Waals surface area contributed by atoms with E-state index in [1.54, 1.807) is 4.80 Å². The summed E-state index contributed by atoms with van der Waals surface area (Å²) >= 11 is 0. The van der Waals surface area contributed by atoms with Gasteiger partial charge in [-0.3, -0.25) is 0 Å². The van der Waals surface area contributed by atoms with E-state index in [0.717, 1.165) is 12.2 Å². The van der Waals surface area contributed by atoms with Crippen LogP contribution in [-0.2, 0) is 13.0 Å². The first-order valence-corrected chi connectivity index (χ1v) is 5.83. The summed E-state index contributed by atoms with van der Waals surface area (Å²) in [5, 5.41) is 12.5. The molecule has 0 atom stereocenters. The lowest BCUT2D eigenvalue weighted by atomic mass is 9.92. The molecular weight excluding hydrogens is 212 g/mol. The first-order valence-electron chi connectivity index (χ1n) is 5.83. The van der Waals surface area contributed by atoms with Crippen molar-refractivity contribution in [2.24, 2.45) is 5.41 Å². The Balaban J connectivity index is 2.04. The van der Waals surface area contributed by atoms with Crippen molar-refractivity contribution < 1.29 is 0 Å². The fourth-order valence-electron chi connectivity index (χ4n) is 1.64. The highest BCUT2D eigenvalue weighted by Gasteiger charge is 2.15. The maximum Gasteiger partial charge on any atom is 0.175 e. The highest BCUT2D eigenvalue weighted by Crippen LogP contribution is 2.17. The summed E-state index contributed by atoms with van der Waals surface area (Å²) in [4.78, 5) is 1.65. The van der Waals surface area contributed by atoms with E-state index in [0.29, 0.717) is 6.54 Å². The molecule has 0 aliphatic heterocycles. The molecule has 0 aliphatic rings. The van der Waals surface area contributed by atoms with Gasteiger partial charge in [-0.05, 0) is 16.2 Å². The quantitative estimate of drug-likeness (QED) is 0.812. The molecular formula is C13H18N4. The third-order valence-electron chi connectivity index (χ3n) is 2.35. The van der Waals surface area contributed by atoms with Gasteiger partial charge in [-0.1, -0.05) is 51.1 Å². The third kappa shape index (κ3) is 3.66. The fourth-order valence-corrected chi connectivity index (χ4v) is 1.64. The minimum Gasteiger partial charge on any atom is -0.160 e. The van der Waals surface area contributed by atoms with Crippen LogP contribution in [-0.4, -0.2) is 20.2 Å². The zero-order chi connectivity index (χ0) is 12.3. The molecule has 0 bridgehead atoms. The number of rotatable bonds is 3. The highest BCUT2D eigenvalue weighted by molar-refractivity contribution is 5.14. The topological polar surface area (TPSA) is 43.6 Å². The molecule has 0 aliphatic carbocycles. The van der Waals surface area contributed by atoms with Gasteiger partial charge < -0.3 is 0 Å². The SMILES string of the molecule is CC(C)(C)Cc1nnn(Cc2ccccc2)n1. The zero-order valence-electron chi connectivity index (χ0n) is 10.6. The lowest BCUT2D eigenvalue weighted by Crippen LogP contribution is -2.11. The molecule has 17 heavy (non-hydrogen) atoms. The van der Waals surface area contributed by atoms with Crippen LogP contribution in [0.3, 0.4) is 0 Å². The minimum absolute atomic E-state index is 0.195. The van der Waals surface area contributed by atoms with E-state index in [4.69, 9.17) is 0 Å². The Morgan fingerprint density at radius 1 is 1.12 bits per heavy atom. The van der Waals surface area contributed by atoms with Gasteiger partial charge in [-0.2, -0.15) is 4.80 Å². The lowest BCUT2D eigenvalue weighted by Gasteiger charge is -2.14. The van der Waals surface area contributed by atoms with Gasteiger partial charge in [0.15, 0.2) is 5.82 Å². The largest absolute Gasteiger partial charge is 0.175 e. The molecule has 0 amide bonds. The van der Waals surface area contributed by atoms with Gasteiger partial charge in [0.25, 0.3) is 0 Å². The van der Waals surface area contributed by atoms with Crippen molar-refractivity contribution in [3.63, 3.8) is 0 Å². The van der Waals surface area contributed by atoms with E-state index in [1.165, 1.54) is 5.56 Å². The summed E-state index contributed by atoms with van der Waals surface area (Å²) in [6, 6.07) is 10.2. The maximum atomic E-state index is 4.39. The Hall–Kier alpha value is -1.71. The van der Waals surface area contributed by atoms with Crippen molar-refractivity contribution in [2.75, 3.05) is 0 Å².